The third-order valence-electron chi connectivity index (χ3n) is 2.49. The highest BCUT2D eigenvalue weighted by molar-refractivity contribution is 5.83. The monoisotopic (exact) mass is 244 g/mol. The van der Waals surface area contributed by atoms with Crippen molar-refractivity contribution in [3.8, 4) is 0 Å². The van der Waals surface area contributed by atoms with E-state index >= 15 is 0 Å². The molecule has 0 aromatic heterocycles. The Morgan fingerprint density at radius 2 is 1.76 bits per heavy atom. The number of carbonyl (C=O) groups excluding carboxylic acids is 1. The zero-order valence-electron chi connectivity index (χ0n) is 11.3. The van der Waals surface area contributed by atoms with E-state index < -0.39 is 23.5 Å². The van der Waals surface area contributed by atoms with Crippen LogP contribution in [0.2, 0.25) is 0 Å². The van der Waals surface area contributed by atoms with Crippen molar-refractivity contribution in [2.45, 2.75) is 59.5 Å². The maximum Gasteiger partial charge on any atom is 0.326 e. The molecule has 0 aromatic carbocycles. The number of carboxylic acid groups (broad SMARTS) is 1. The smallest absolute Gasteiger partial charge is 0.326 e. The van der Waals surface area contributed by atoms with E-state index in [2.05, 4.69) is 10.6 Å². The molecule has 3 N–H and O–H groups in total. The molecule has 5 nitrogen and oxygen atoms in total. The summed E-state index contributed by atoms with van der Waals surface area (Å²) >= 11 is 0. The van der Waals surface area contributed by atoms with Gasteiger partial charge in [-0.15, -0.1) is 0 Å². The molecule has 0 rings (SSSR count). The van der Waals surface area contributed by atoms with Crippen LogP contribution in [0.4, 0.5) is 4.79 Å². The average Bonchev–Trinajstić information content (AvgIpc) is 2.12. The van der Waals surface area contributed by atoms with Crippen molar-refractivity contribution in [2.24, 2.45) is 5.41 Å². The largest absolute Gasteiger partial charge is 0.480 e. The SMILES string of the molecule is CCCC(C)NC(=O)N[C@@H](C(=O)O)C(C)(C)C. The van der Waals surface area contributed by atoms with E-state index in [1.165, 1.54) is 0 Å². The fourth-order valence-electron chi connectivity index (χ4n) is 1.55. The molecule has 17 heavy (non-hydrogen) atoms. The van der Waals surface area contributed by atoms with Crippen molar-refractivity contribution in [3.63, 3.8) is 0 Å². The van der Waals surface area contributed by atoms with Gasteiger partial charge in [0.05, 0.1) is 0 Å². The molecule has 0 aliphatic rings. The Bertz CT molecular complexity index is 271. The number of carboxylic acids is 1. The number of hydrogen-bond donors (Lipinski definition) is 3. The minimum atomic E-state index is -1.02. The highest BCUT2D eigenvalue weighted by Gasteiger charge is 2.32. The van der Waals surface area contributed by atoms with Crippen molar-refractivity contribution in [1.29, 1.82) is 0 Å². The summed E-state index contributed by atoms with van der Waals surface area (Å²) in [7, 11) is 0. The van der Waals surface area contributed by atoms with Crippen LogP contribution in [0.15, 0.2) is 0 Å². The molecule has 0 fully saturated rings. The van der Waals surface area contributed by atoms with Crippen molar-refractivity contribution < 1.29 is 14.7 Å². The number of rotatable bonds is 5. The third kappa shape index (κ3) is 6.14. The van der Waals surface area contributed by atoms with E-state index in [9.17, 15) is 9.59 Å². The van der Waals surface area contributed by atoms with Crippen molar-refractivity contribution in [3.05, 3.63) is 0 Å². The van der Waals surface area contributed by atoms with E-state index in [0.29, 0.717) is 0 Å². The van der Waals surface area contributed by atoms with Crippen LogP contribution in [-0.2, 0) is 4.79 Å². The van der Waals surface area contributed by atoms with Gasteiger partial charge in [-0.05, 0) is 18.8 Å². The van der Waals surface area contributed by atoms with E-state index in [1.54, 1.807) is 20.8 Å². The molecule has 0 aliphatic heterocycles. The van der Waals surface area contributed by atoms with E-state index in [4.69, 9.17) is 5.11 Å². The van der Waals surface area contributed by atoms with Gasteiger partial charge in [0, 0.05) is 6.04 Å². The number of aliphatic carboxylic acids is 1. The van der Waals surface area contributed by atoms with Gasteiger partial charge in [-0.25, -0.2) is 9.59 Å². The second-order valence-electron chi connectivity index (χ2n) is 5.44. The van der Waals surface area contributed by atoms with E-state index in [-0.39, 0.29) is 6.04 Å². The summed E-state index contributed by atoms with van der Waals surface area (Å²) < 4.78 is 0. The molecule has 0 bridgehead atoms. The molecule has 2 atom stereocenters. The lowest BCUT2D eigenvalue weighted by atomic mass is 9.87. The van der Waals surface area contributed by atoms with Gasteiger partial charge in [-0.1, -0.05) is 34.1 Å². The molecule has 0 aliphatic carbocycles. The zero-order valence-corrected chi connectivity index (χ0v) is 11.3. The van der Waals surface area contributed by atoms with E-state index in [0.717, 1.165) is 12.8 Å². The molecule has 5 heteroatoms. The molecule has 0 heterocycles. The molecule has 100 valence electrons. The standard InChI is InChI=1S/C12H24N2O3/c1-6-7-8(2)13-11(17)14-9(10(15)16)12(3,4)5/h8-9H,6-7H2,1-5H3,(H,15,16)(H2,13,14,17)/t8?,9-/m0/s1. The van der Waals surface area contributed by atoms with Crippen LogP contribution >= 0.6 is 0 Å². The summed E-state index contributed by atoms with van der Waals surface area (Å²) in [6.45, 7) is 9.27. The second-order valence-corrected chi connectivity index (χ2v) is 5.44. The van der Waals surface area contributed by atoms with Gasteiger partial charge in [0.25, 0.3) is 0 Å². The fourth-order valence-corrected chi connectivity index (χ4v) is 1.55. The van der Waals surface area contributed by atoms with Gasteiger partial charge in [0.2, 0.25) is 0 Å². The van der Waals surface area contributed by atoms with Gasteiger partial charge >= 0.3 is 12.0 Å². The molecule has 2 amide bonds. The Hall–Kier alpha value is -1.26. The molecule has 0 radical (unpaired) electrons. The van der Waals surface area contributed by atoms with Crippen molar-refractivity contribution >= 4 is 12.0 Å². The first-order valence-corrected chi connectivity index (χ1v) is 5.98. The van der Waals surface area contributed by atoms with E-state index in [1.807, 2.05) is 13.8 Å². The predicted molar refractivity (Wildman–Crippen MR) is 66.9 cm³/mol. The van der Waals surface area contributed by atoms with Crippen LogP contribution in [-0.4, -0.2) is 29.2 Å². The lowest BCUT2D eigenvalue weighted by molar-refractivity contribution is -0.141. The fraction of sp³-hybridized carbons (Fsp3) is 0.833. The van der Waals surface area contributed by atoms with Crippen LogP contribution in [0.3, 0.4) is 0 Å². The first kappa shape index (κ1) is 15.7. The summed E-state index contributed by atoms with van der Waals surface area (Å²) in [5.74, 6) is -1.02. The summed E-state index contributed by atoms with van der Waals surface area (Å²) in [5.41, 5.74) is -0.517. The molecule has 0 saturated carbocycles. The molecular formula is C12H24N2O3. The Morgan fingerprint density at radius 1 is 1.24 bits per heavy atom. The highest BCUT2D eigenvalue weighted by Crippen LogP contribution is 2.19. The molecule has 1 unspecified atom stereocenters. The Balaban J connectivity index is 4.38. The number of urea groups is 1. The molecule has 0 saturated heterocycles. The number of amides is 2. The van der Waals surface area contributed by atoms with Crippen LogP contribution in [0.5, 0.6) is 0 Å². The topological polar surface area (TPSA) is 78.4 Å². The van der Waals surface area contributed by atoms with Crippen LogP contribution in [0.25, 0.3) is 0 Å². The normalized spacial score (nSPS) is 14.9. The third-order valence-corrected chi connectivity index (χ3v) is 2.49. The minimum Gasteiger partial charge on any atom is -0.480 e. The molecule has 0 spiro atoms. The second kappa shape index (κ2) is 6.47. The van der Waals surface area contributed by atoms with Crippen molar-refractivity contribution in [2.75, 3.05) is 0 Å². The Kier molecular flexibility index (Phi) is 5.99. The average molecular weight is 244 g/mol. The first-order chi connectivity index (χ1) is 7.68. The number of carbonyl (C=O) groups is 2. The molecular weight excluding hydrogens is 220 g/mol. The maximum atomic E-state index is 11.6. The Morgan fingerprint density at radius 3 is 2.12 bits per heavy atom. The summed E-state index contributed by atoms with van der Waals surface area (Å²) in [4.78, 5) is 22.7. The molecule has 0 aromatic rings. The lowest BCUT2D eigenvalue weighted by Crippen LogP contribution is -2.53. The zero-order chi connectivity index (χ0) is 13.6. The number of nitrogens with one attached hydrogen (secondary N) is 2. The summed E-state index contributed by atoms with van der Waals surface area (Å²) in [6.07, 6.45) is 1.85. The quantitative estimate of drug-likeness (QED) is 0.692. The summed E-state index contributed by atoms with van der Waals surface area (Å²) in [5, 5.41) is 14.3. The Labute approximate surface area is 103 Å². The van der Waals surface area contributed by atoms with Crippen LogP contribution < -0.4 is 10.6 Å². The first-order valence-electron chi connectivity index (χ1n) is 5.98. The number of hydrogen-bond acceptors (Lipinski definition) is 2. The van der Waals surface area contributed by atoms with Crippen molar-refractivity contribution in [1.82, 2.24) is 10.6 Å². The van der Waals surface area contributed by atoms with Crippen LogP contribution in [0, 0.1) is 5.41 Å². The van der Waals surface area contributed by atoms with Gasteiger partial charge in [-0.3, -0.25) is 0 Å². The lowest BCUT2D eigenvalue weighted by Gasteiger charge is -2.28. The maximum absolute atomic E-state index is 11.6. The van der Waals surface area contributed by atoms with Gasteiger partial charge < -0.3 is 15.7 Å². The summed E-state index contributed by atoms with van der Waals surface area (Å²) in [6, 6.07) is -1.26. The highest BCUT2D eigenvalue weighted by atomic mass is 16.4. The van der Waals surface area contributed by atoms with Gasteiger partial charge in [-0.2, -0.15) is 0 Å². The van der Waals surface area contributed by atoms with Gasteiger partial charge in [0.15, 0.2) is 0 Å². The predicted octanol–water partition coefficient (Wildman–Crippen LogP) is 1.97. The van der Waals surface area contributed by atoms with Crippen LogP contribution in [0.1, 0.15) is 47.5 Å². The minimum absolute atomic E-state index is 0.0504. The van der Waals surface area contributed by atoms with Gasteiger partial charge in [0.1, 0.15) is 6.04 Å².